The molecular formula is C28H21N3O4. The first-order chi connectivity index (χ1) is 17.1. The molecule has 0 spiro atoms. The molecule has 4 aromatic rings. The van der Waals surface area contributed by atoms with Gasteiger partial charge < -0.3 is 15.4 Å². The normalized spacial score (nSPS) is 12.3. The van der Waals surface area contributed by atoms with Crippen molar-refractivity contribution >= 4 is 34.8 Å². The van der Waals surface area contributed by atoms with Gasteiger partial charge in [-0.25, -0.2) is 0 Å². The standard InChI is InChI=1S/C28H21N3O4/c32-26-18-31(25-9-5-4-8-24(25)30-26)28(34)20-10-14-21(15-11-20)29-27(33)19-12-16-23(17-13-19)35-22-6-2-1-3-7-22/h1-17H,18H2,(H,29,33)(H,30,32). The lowest BCUT2D eigenvalue weighted by molar-refractivity contribution is -0.115. The van der Waals surface area contributed by atoms with Gasteiger partial charge in [0.1, 0.15) is 18.0 Å². The molecule has 1 aliphatic rings. The number of fused-ring (bicyclic) bond motifs is 1. The summed E-state index contributed by atoms with van der Waals surface area (Å²) in [5, 5.41) is 5.60. The SMILES string of the molecule is O=C1CN(C(=O)c2ccc(NC(=O)c3ccc(Oc4ccccc4)cc3)cc2)c2ccccc2N1. The lowest BCUT2D eigenvalue weighted by Gasteiger charge is -2.29. The van der Waals surface area contributed by atoms with E-state index in [9.17, 15) is 14.4 Å². The third kappa shape index (κ3) is 4.89. The molecule has 0 bridgehead atoms. The maximum Gasteiger partial charge on any atom is 0.258 e. The monoisotopic (exact) mass is 463 g/mol. The molecule has 1 aliphatic heterocycles. The molecule has 2 N–H and O–H groups in total. The summed E-state index contributed by atoms with van der Waals surface area (Å²) in [6, 6.07) is 30.0. The second-order valence-corrected chi connectivity index (χ2v) is 7.93. The molecule has 7 heteroatoms. The summed E-state index contributed by atoms with van der Waals surface area (Å²) in [7, 11) is 0. The lowest BCUT2D eigenvalue weighted by atomic mass is 10.1. The molecule has 4 aromatic carbocycles. The summed E-state index contributed by atoms with van der Waals surface area (Å²) < 4.78 is 5.75. The zero-order valence-corrected chi connectivity index (χ0v) is 18.6. The second kappa shape index (κ2) is 9.52. The van der Waals surface area contributed by atoms with Crippen molar-refractivity contribution in [3.8, 4) is 11.5 Å². The van der Waals surface area contributed by atoms with E-state index in [0.29, 0.717) is 39.7 Å². The molecule has 0 saturated carbocycles. The van der Waals surface area contributed by atoms with Crippen LogP contribution in [0.4, 0.5) is 17.1 Å². The van der Waals surface area contributed by atoms with E-state index in [1.54, 1.807) is 66.7 Å². The van der Waals surface area contributed by atoms with Gasteiger partial charge in [0.25, 0.3) is 11.8 Å². The highest BCUT2D eigenvalue weighted by atomic mass is 16.5. The van der Waals surface area contributed by atoms with E-state index in [2.05, 4.69) is 10.6 Å². The van der Waals surface area contributed by atoms with Crippen LogP contribution in [0.25, 0.3) is 0 Å². The van der Waals surface area contributed by atoms with Gasteiger partial charge >= 0.3 is 0 Å². The van der Waals surface area contributed by atoms with Crippen LogP contribution in [-0.4, -0.2) is 24.3 Å². The summed E-state index contributed by atoms with van der Waals surface area (Å²) >= 11 is 0. The third-order valence-electron chi connectivity index (χ3n) is 5.50. The highest BCUT2D eigenvalue weighted by Gasteiger charge is 2.27. The fraction of sp³-hybridized carbons (Fsp3) is 0.0357. The summed E-state index contributed by atoms with van der Waals surface area (Å²) in [4.78, 5) is 39.2. The largest absolute Gasteiger partial charge is 0.457 e. The minimum atomic E-state index is -0.292. The Morgan fingerprint density at radius 3 is 2.11 bits per heavy atom. The van der Waals surface area contributed by atoms with E-state index in [-0.39, 0.29) is 24.3 Å². The van der Waals surface area contributed by atoms with Gasteiger partial charge in [0.15, 0.2) is 0 Å². The summed E-state index contributed by atoms with van der Waals surface area (Å²) in [6.07, 6.45) is 0. The fourth-order valence-electron chi connectivity index (χ4n) is 3.77. The molecule has 7 nitrogen and oxygen atoms in total. The smallest absolute Gasteiger partial charge is 0.258 e. The van der Waals surface area contributed by atoms with Crippen molar-refractivity contribution in [3.63, 3.8) is 0 Å². The molecule has 0 aliphatic carbocycles. The Balaban J connectivity index is 1.24. The molecule has 0 atom stereocenters. The molecule has 0 unspecified atom stereocenters. The number of benzene rings is 4. The molecule has 5 rings (SSSR count). The number of rotatable bonds is 5. The molecule has 35 heavy (non-hydrogen) atoms. The maximum absolute atomic E-state index is 13.1. The van der Waals surface area contributed by atoms with Crippen LogP contribution in [0.1, 0.15) is 20.7 Å². The Morgan fingerprint density at radius 1 is 0.743 bits per heavy atom. The van der Waals surface area contributed by atoms with Crippen molar-refractivity contribution in [2.24, 2.45) is 0 Å². The molecule has 0 aromatic heterocycles. The van der Waals surface area contributed by atoms with E-state index in [4.69, 9.17) is 4.74 Å². The Kier molecular flexibility index (Phi) is 5.96. The molecule has 3 amide bonds. The topological polar surface area (TPSA) is 87.7 Å². The summed E-state index contributed by atoms with van der Waals surface area (Å²) in [5.74, 6) is 0.522. The van der Waals surface area contributed by atoms with Gasteiger partial charge in [-0.2, -0.15) is 0 Å². The van der Waals surface area contributed by atoms with Gasteiger partial charge in [0, 0.05) is 16.8 Å². The predicted octanol–water partition coefficient (Wildman–Crippen LogP) is 5.33. The van der Waals surface area contributed by atoms with E-state index in [1.807, 2.05) is 36.4 Å². The maximum atomic E-state index is 13.1. The number of carbonyl (C=O) groups excluding carboxylic acids is 3. The van der Waals surface area contributed by atoms with Crippen LogP contribution in [-0.2, 0) is 4.79 Å². The number of hydrogen-bond acceptors (Lipinski definition) is 4. The fourth-order valence-corrected chi connectivity index (χ4v) is 3.77. The summed E-state index contributed by atoms with van der Waals surface area (Å²) in [5.41, 5.74) is 2.68. The van der Waals surface area contributed by atoms with Gasteiger partial charge in [-0.05, 0) is 72.8 Å². The van der Waals surface area contributed by atoms with E-state index in [1.165, 1.54) is 4.90 Å². The molecule has 1 heterocycles. The van der Waals surface area contributed by atoms with Crippen LogP contribution in [0.3, 0.4) is 0 Å². The van der Waals surface area contributed by atoms with Crippen LogP contribution < -0.4 is 20.3 Å². The van der Waals surface area contributed by atoms with Crippen molar-refractivity contribution in [1.82, 2.24) is 0 Å². The molecule has 0 saturated heterocycles. The first-order valence-corrected chi connectivity index (χ1v) is 11.0. The average molecular weight is 463 g/mol. The number of nitrogens with zero attached hydrogens (tertiary/aromatic N) is 1. The molecular weight excluding hydrogens is 442 g/mol. The number of ether oxygens (including phenoxy) is 1. The average Bonchev–Trinajstić information content (AvgIpc) is 2.89. The Labute approximate surface area is 202 Å². The van der Waals surface area contributed by atoms with E-state index in [0.717, 1.165) is 0 Å². The van der Waals surface area contributed by atoms with Crippen molar-refractivity contribution in [2.75, 3.05) is 22.1 Å². The number of carbonyl (C=O) groups is 3. The zero-order chi connectivity index (χ0) is 24.2. The zero-order valence-electron chi connectivity index (χ0n) is 18.6. The van der Waals surface area contributed by atoms with Crippen molar-refractivity contribution in [3.05, 3.63) is 114 Å². The first kappa shape index (κ1) is 21.9. The second-order valence-electron chi connectivity index (χ2n) is 7.93. The van der Waals surface area contributed by atoms with Gasteiger partial charge in [0.05, 0.1) is 11.4 Å². The van der Waals surface area contributed by atoms with Crippen LogP contribution >= 0.6 is 0 Å². The Morgan fingerprint density at radius 2 is 1.37 bits per heavy atom. The number of para-hydroxylation sites is 3. The van der Waals surface area contributed by atoms with Gasteiger partial charge in [-0.1, -0.05) is 30.3 Å². The third-order valence-corrected chi connectivity index (χ3v) is 5.50. The van der Waals surface area contributed by atoms with Crippen LogP contribution in [0.2, 0.25) is 0 Å². The molecule has 172 valence electrons. The number of hydrogen-bond donors (Lipinski definition) is 2. The Bertz CT molecular complexity index is 1380. The first-order valence-electron chi connectivity index (χ1n) is 11.0. The van der Waals surface area contributed by atoms with E-state index >= 15 is 0 Å². The highest BCUT2D eigenvalue weighted by Crippen LogP contribution is 2.30. The number of amides is 3. The Hall–Kier alpha value is -4.91. The minimum absolute atomic E-state index is 0.0572. The number of anilines is 3. The van der Waals surface area contributed by atoms with Crippen LogP contribution in [0.15, 0.2) is 103 Å². The van der Waals surface area contributed by atoms with Crippen molar-refractivity contribution in [2.45, 2.75) is 0 Å². The lowest BCUT2D eigenvalue weighted by Crippen LogP contribution is -2.42. The van der Waals surface area contributed by atoms with E-state index < -0.39 is 0 Å². The van der Waals surface area contributed by atoms with Gasteiger partial charge in [-0.15, -0.1) is 0 Å². The van der Waals surface area contributed by atoms with Crippen molar-refractivity contribution in [1.29, 1.82) is 0 Å². The van der Waals surface area contributed by atoms with Crippen LogP contribution in [0.5, 0.6) is 11.5 Å². The highest BCUT2D eigenvalue weighted by molar-refractivity contribution is 6.15. The quantitative estimate of drug-likeness (QED) is 0.419. The molecule has 0 radical (unpaired) electrons. The van der Waals surface area contributed by atoms with Gasteiger partial charge in [-0.3, -0.25) is 19.3 Å². The number of nitrogens with one attached hydrogen (secondary N) is 2. The minimum Gasteiger partial charge on any atom is -0.457 e. The van der Waals surface area contributed by atoms with Crippen LogP contribution in [0, 0.1) is 0 Å². The summed E-state index contributed by atoms with van der Waals surface area (Å²) in [6.45, 7) is -0.0572. The predicted molar refractivity (Wildman–Crippen MR) is 134 cm³/mol. The molecule has 0 fully saturated rings. The van der Waals surface area contributed by atoms with Gasteiger partial charge in [0.2, 0.25) is 5.91 Å². The van der Waals surface area contributed by atoms with Crippen molar-refractivity contribution < 1.29 is 19.1 Å².